The summed E-state index contributed by atoms with van der Waals surface area (Å²) in [6.07, 6.45) is 1.28. The van der Waals surface area contributed by atoms with Gasteiger partial charge in [0, 0.05) is 26.2 Å². The van der Waals surface area contributed by atoms with Crippen LogP contribution in [0.4, 0.5) is 9.59 Å². The first kappa shape index (κ1) is 61.2. The second kappa shape index (κ2) is 34.0. The Hall–Kier alpha value is -7.41. The maximum Gasteiger partial charge on any atom is 0.601 e. The van der Waals surface area contributed by atoms with Gasteiger partial charge < -0.3 is 48.6 Å². The van der Waals surface area contributed by atoms with Crippen molar-refractivity contribution in [3.05, 3.63) is 246 Å². The molecule has 2 heterocycles. The number of para-hydroxylation sites is 1. The van der Waals surface area contributed by atoms with Crippen molar-refractivity contribution in [1.82, 2.24) is 14.7 Å². The van der Waals surface area contributed by atoms with E-state index in [2.05, 4.69) is 155 Å². The molecule has 81 heavy (non-hydrogen) atoms. The van der Waals surface area contributed by atoms with Crippen LogP contribution in [0.3, 0.4) is 0 Å². The van der Waals surface area contributed by atoms with Gasteiger partial charge in [-0.15, -0.1) is 4.58 Å². The van der Waals surface area contributed by atoms with E-state index in [-0.39, 0.29) is 38.6 Å². The molecule has 2 aliphatic rings. The van der Waals surface area contributed by atoms with E-state index >= 15 is 0 Å². The molecule has 9 rings (SSSR count). The number of aliphatic hydroxyl groups excluding tert-OH is 3. The molecule has 3 N–H and O–H groups in total. The third kappa shape index (κ3) is 17.1. The minimum absolute atomic E-state index is 0.00591. The van der Waals surface area contributed by atoms with Crippen molar-refractivity contribution in [3.63, 3.8) is 0 Å². The number of hydrogen-bond acceptors (Lipinski definition) is 13. The molecular weight excluding hydrogens is 1020 g/mol. The van der Waals surface area contributed by atoms with E-state index in [9.17, 15) is 9.59 Å². The fraction of sp³-hybridized carbons (Fsp3) is 0.318. The summed E-state index contributed by atoms with van der Waals surface area (Å²) >= 11 is 0. The lowest BCUT2D eigenvalue weighted by Crippen LogP contribution is -2.57. The van der Waals surface area contributed by atoms with Gasteiger partial charge in [0.2, 0.25) is 0 Å². The zero-order chi connectivity index (χ0) is 56.6. The summed E-state index contributed by atoms with van der Waals surface area (Å²) in [5, 5.41) is 25.2. The van der Waals surface area contributed by atoms with Gasteiger partial charge in [0.1, 0.15) is 12.4 Å². The van der Waals surface area contributed by atoms with Crippen LogP contribution in [0.5, 0.6) is 5.75 Å². The van der Waals surface area contributed by atoms with Crippen LogP contribution >= 0.6 is 0 Å². The van der Waals surface area contributed by atoms with Crippen molar-refractivity contribution in [2.24, 2.45) is 0 Å². The fourth-order valence-corrected chi connectivity index (χ4v) is 10.2. The molecule has 0 spiro atoms. The molecule has 15 nitrogen and oxygen atoms in total. The van der Waals surface area contributed by atoms with E-state index in [4.69, 9.17) is 43.7 Å². The molecule has 2 amide bonds. The first-order valence-corrected chi connectivity index (χ1v) is 27.7. The van der Waals surface area contributed by atoms with Gasteiger partial charge in [-0.05, 0) is 45.5 Å². The number of amides is 2. The van der Waals surface area contributed by atoms with Crippen LogP contribution in [0.2, 0.25) is 0 Å². The van der Waals surface area contributed by atoms with Gasteiger partial charge in [0.05, 0.1) is 96.8 Å². The van der Waals surface area contributed by atoms with Crippen LogP contribution in [-0.4, -0.2) is 178 Å². The van der Waals surface area contributed by atoms with Gasteiger partial charge in [0.15, 0.2) is 12.8 Å². The van der Waals surface area contributed by atoms with Crippen LogP contribution in [0.25, 0.3) is 0 Å². The van der Waals surface area contributed by atoms with E-state index in [0.29, 0.717) is 104 Å². The maximum absolute atomic E-state index is 12.8. The van der Waals surface area contributed by atoms with Crippen LogP contribution in [-0.2, 0) is 34.8 Å². The van der Waals surface area contributed by atoms with Crippen molar-refractivity contribution < 1.29 is 57.9 Å². The average Bonchev–Trinajstić information content (AvgIpc) is 3.28. The minimum atomic E-state index is -0.490. The largest absolute Gasteiger partial charge is 0.601 e. The number of piperazine rings is 1. The number of aliphatic hydroxyl groups is 3. The number of carbonyl (C=O) groups excluding carboxylic acids is 2. The molecule has 2 aliphatic heterocycles. The molecular formula is C66H77N4O11+. The Kier molecular flexibility index (Phi) is 25.7. The summed E-state index contributed by atoms with van der Waals surface area (Å²) in [5.41, 5.74) is 6.21. The molecule has 0 atom stereocenters. The normalized spacial score (nSPS) is 13.9. The quantitative estimate of drug-likeness (QED) is 0.0301. The highest BCUT2D eigenvalue weighted by atomic mass is 16.6. The fourth-order valence-electron chi connectivity index (χ4n) is 10.2. The lowest BCUT2D eigenvalue weighted by Gasteiger charge is -2.48. The van der Waals surface area contributed by atoms with E-state index in [1.54, 1.807) is 21.6 Å². The predicted molar refractivity (Wildman–Crippen MR) is 313 cm³/mol. The molecule has 15 heteroatoms. The van der Waals surface area contributed by atoms with Crippen molar-refractivity contribution in [2.75, 3.05) is 125 Å². The highest BCUT2D eigenvalue weighted by Gasteiger charge is 2.45. The Morgan fingerprint density at radius 2 is 0.716 bits per heavy atom. The molecule has 0 saturated carbocycles. The third-order valence-corrected chi connectivity index (χ3v) is 13.9. The van der Waals surface area contributed by atoms with Crippen molar-refractivity contribution in [1.29, 1.82) is 0 Å². The zero-order valence-corrected chi connectivity index (χ0v) is 46.1. The van der Waals surface area contributed by atoms with E-state index in [1.807, 2.05) is 60.8 Å². The van der Waals surface area contributed by atoms with Gasteiger partial charge in [-0.3, -0.25) is 9.80 Å². The molecule has 0 radical (unpaired) electrons. The number of ether oxygens (including phenoxy) is 6. The van der Waals surface area contributed by atoms with Gasteiger partial charge in [-0.25, -0.2) is 4.79 Å². The summed E-state index contributed by atoms with van der Waals surface area (Å²) < 4.78 is 33.0. The van der Waals surface area contributed by atoms with Crippen molar-refractivity contribution >= 4 is 18.4 Å². The summed E-state index contributed by atoms with van der Waals surface area (Å²) in [7, 11) is 0. The highest BCUT2D eigenvalue weighted by Crippen LogP contribution is 2.44. The van der Waals surface area contributed by atoms with Crippen LogP contribution in [0.15, 0.2) is 212 Å². The smallest absolute Gasteiger partial charge is 0.447 e. The third-order valence-electron chi connectivity index (χ3n) is 13.9. The number of nitrogens with zero attached hydrogens (tertiary/aromatic N) is 4. The Balaban J connectivity index is 0.000000201. The lowest BCUT2D eigenvalue weighted by molar-refractivity contribution is -0.445. The monoisotopic (exact) mass is 1100 g/mol. The lowest BCUT2D eigenvalue weighted by atomic mass is 9.75. The molecule has 7 aromatic rings. The molecule has 1 fully saturated rings. The van der Waals surface area contributed by atoms with Crippen molar-refractivity contribution in [3.8, 4) is 5.75 Å². The summed E-state index contributed by atoms with van der Waals surface area (Å²) in [6, 6.07) is 72.8. The van der Waals surface area contributed by atoms with E-state index < -0.39 is 11.1 Å². The first-order valence-electron chi connectivity index (χ1n) is 27.7. The number of benzene rings is 7. The zero-order valence-electron chi connectivity index (χ0n) is 46.1. The van der Waals surface area contributed by atoms with Crippen LogP contribution < -0.4 is 4.74 Å². The Labute approximate surface area is 476 Å². The molecule has 1 saturated heterocycles. The molecule has 7 aromatic carbocycles. The summed E-state index contributed by atoms with van der Waals surface area (Å²) in [6.45, 7) is 7.71. The van der Waals surface area contributed by atoms with E-state index in [0.717, 1.165) is 0 Å². The number of carbonyl (C=O) groups is 2. The maximum atomic E-state index is 12.8. The van der Waals surface area contributed by atoms with Gasteiger partial charge in [-0.2, -0.15) is 4.79 Å². The molecule has 0 aliphatic carbocycles. The summed E-state index contributed by atoms with van der Waals surface area (Å²) in [4.78, 5) is 32.2. The Morgan fingerprint density at radius 1 is 0.395 bits per heavy atom. The second-order valence-electron chi connectivity index (χ2n) is 18.8. The Morgan fingerprint density at radius 3 is 1.05 bits per heavy atom. The minimum Gasteiger partial charge on any atom is -0.447 e. The summed E-state index contributed by atoms with van der Waals surface area (Å²) in [5.74, 6) is 0.551. The standard InChI is InChI=1S/C30H36N2O5.C30H27N2O2.C6H14O4/c33-20-21-35-22-23-36-24-25-37-29(34)31-16-18-32(19-17-31)30(26-10-4-1-5-11-26,27-12-6-2-7-13-27)28-14-8-3-9-15-28;33-29(34-28-19-11-4-12-20-28)31-21-23-32(24-22-31)30(25-13-5-1-6-14-25,26-15-7-2-8-16-26)27-17-9-3-10-18-27;7-1-3-9-5-6-10-4-2-8/h1-15,33H,16-25H2;1-21H,22-24H2;7-8H,1-6H2/q;+1;. The Bertz CT molecular complexity index is 2650. The second-order valence-corrected chi connectivity index (χ2v) is 18.8. The van der Waals surface area contributed by atoms with E-state index in [1.165, 1.54) is 33.4 Å². The van der Waals surface area contributed by atoms with Crippen LogP contribution in [0.1, 0.15) is 33.4 Å². The number of hydrogen-bond donors (Lipinski definition) is 3. The highest BCUT2D eigenvalue weighted by molar-refractivity contribution is 5.70. The topological polar surface area (TPSA) is 163 Å². The first-order chi connectivity index (χ1) is 40.0. The molecule has 0 unspecified atom stereocenters. The van der Waals surface area contributed by atoms with Gasteiger partial charge >= 0.3 is 12.2 Å². The van der Waals surface area contributed by atoms with Crippen LogP contribution in [0, 0.1) is 0 Å². The number of rotatable bonds is 24. The average molecular weight is 1100 g/mol. The predicted octanol–water partition coefficient (Wildman–Crippen LogP) is 8.34. The molecule has 0 bridgehead atoms. The van der Waals surface area contributed by atoms with Crippen molar-refractivity contribution in [2.45, 2.75) is 11.1 Å². The molecule has 426 valence electrons. The van der Waals surface area contributed by atoms with Gasteiger partial charge in [0.25, 0.3) is 0 Å². The molecule has 0 aromatic heterocycles. The van der Waals surface area contributed by atoms with Gasteiger partial charge in [-0.1, -0.05) is 200 Å². The SMILES string of the molecule is O=C(OCCOCCOCCO)N1CCN(C(c2ccccc2)(c2ccccc2)c2ccccc2)CC1.O=C(Oc1ccccc1)[N+]1=CCN(C(c2ccccc2)(c2ccccc2)c2ccccc2)CC1.OCCOCCOCCO.